The molecule has 2 N–H and O–H groups in total. The van der Waals surface area contributed by atoms with Gasteiger partial charge in [-0.15, -0.1) is 5.10 Å². The summed E-state index contributed by atoms with van der Waals surface area (Å²) in [6.45, 7) is 0.615. The molecule has 1 saturated heterocycles. The van der Waals surface area contributed by atoms with Gasteiger partial charge in [0.15, 0.2) is 11.5 Å². The van der Waals surface area contributed by atoms with E-state index >= 15 is 0 Å². The highest BCUT2D eigenvalue weighted by molar-refractivity contribution is 5.93. The van der Waals surface area contributed by atoms with Crippen molar-refractivity contribution in [1.29, 1.82) is 0 Å². The average Bonchev–Trinajstić information content (AvgIpc) is 3.18. The Morgan fingerprint density at radius 3 is 2.76 bits per heavy atom. The lowest BCUT2D eigenvalue weighted by Gasteiger charge is -2.16. The van der Waals surface area contributed by atoms with E-state index in [1.807, 2.05) is 18.2 Å². The summed E-state index contributed by atoms with van der Waals surface area (Å²) >= 11 is 0. The van der Waals surface area contributed by atoms with E-state index < -0.39 is 17.8 Å². The fraction of sp³-hybridized carbons (Fsp3) is 0.304. The number of nitrogens with one attached hydrogen (secondary N) is 2. The summed E-state index contributed by atoms with van der Waals surface area (Å²) in [5.41, 5.74) is 0.305. The lowest BCUT2D eigenvalue weighted by molar-refractivity contribution is -0.138. The van der Waals surface area contributed by atoms with Crippen LogP contribution in [0, 0.1) is 0 Å². The number of amides is 1. The Morgan fingerprint density at radius 2 is 1.97 bits per heavy atom. The number of para-hydroxylation sites is 1. The van der Waals surface area contributed by atoms with Gasteiger partial charge in [-0.3, -0.25) is 4.79 Å². The first kappa shape index (κ1) is 21.9. The topological polar surface area (TPSA) is 93.4 Å². The molecule has 4 aromatic rings. The standard InChI is InChI=1S/C23H21F3N6O2/c1-34-18-10-9-13(12-15(18)23(24,25)26)19-30-20-14-6-2-3-7-16(14)28-22(32(20)31-19)29-17-8-4-5-11-27-21(17)33/h2-3,6-7,9-10,12,17H,4-5,8,11H2,1H3,(H,27,33)(H,28,29). The Labute approximate surface area is 192 Å². The van der Waals surface area contributed by atoms with Crippen LogP contribution in [0.5, 0.6) is 5.75 Å². The van der Waals surface area contributed by atoms with Gasteiger partial charge in [0.25, 0.3) is 0 Å². The third kappa shape index (κ3) is 3.97. The number of methoxy groups -OCH3 is 1. The molecule has 11 heteroatoms. The van der Waals surface area contributed by atoms with Crippen LogP contribution in [-0.4, -0.2) is 45.2 Å². The van der Waals surface area contributed by atoms with Gasteiger partial charge < -0.3 is 15.4 Å². The van der Waals surface area contributed by atoms with E-state index in [1.165, 1.54) is 23.8 Å². The zero-order chi connectivity index (χ0) is 23.9. The SMILES string of the molecule is COc1ccc(-c2nc3c4ccccc4nc(NC4CCCCNC4=O)n3n2)cc1C(F)(F)F. The van der Waals surface area contributed by atoms with E-state index in [0.29, 0.717) is 35.5 Å². The Hall–Kier alpha value is -3.89. The first-order valence-corrected chi connectivity index (χ1v) is 10.8. The average molecular weight is 470 g/mol. The fourth-order valence-corrected chi connectivity index (χ4v) is 4.07. The molecule has 1 aliphatic rings. The molecular formula is C23H21F3N6O2. The third-order valence-electron chi connectivity index (χ3n) is 5.78. The second kappa shape index (κ2) is 8.47. The summed E-state index contributed by atoms with van der Waals surface area (Å²) in [5, 5.41) is 11.2. The van der Waals surface area contributed by atoms with E-state index in [0.717, 1.165) is 18.9 Å². The van der Waals surface area contributed by atoms with Gasteiger partial charge in [0, 0.05) is 17.5 Å². The smallest absolute Gasteiger partial charge is 0.419 e. The van der Waals surface area contributed by atoms with Gasteiger partial charge >= 0.3 is 6.18 Å². The van der Waals surface area contributed by atoms with E-state index in [2.05, 4.69) is 25.7 Å². The maximum atomic E-state index is 13.6. The Morgan fingerprint density at radius 1 is 1.15 bits per heavy atom. The zero-order valence-electron chi connectivity index (χ0n) is 18.2. The number of benzene rings is 2. The number of carbonyl (C=O) groups excluding carboxylic acids is 1. The Kier molecular flexibility index (Phi) is 5.46. The number of rotatable bonds is 4. The monoisotopic (exact) mass is 470 g/mol. The number of carbonyl (C=O) groups is 1. The molecule has 1 fully saturated rings. The number of fused-ring (bicyclic) bond motifs is 3. The molecule has 34 heavy (non-hydrogen) atoms. The molecule has 0 spiro atoms. The number of halogens is 3. The quantitative estimate of drug-likeness (QED) is 0.468. The van der Waals surface area contributed by atoms with Crippen LogP contribution in [-0.2, 0) is 11.0 Å². The number of ether oxygens (including phenoxy) is 1. The number of aromatic nitrogens is 4. The van der Waals surface area contributed by atoms with Crippen molar-refractivity contribution >= 4 is 28.4 Å². The van der Waals surface area contributed by atoms with Gasteiger partial charge in [-0.1, -0.05) is 12.1 Å². The van der Waals surface area contributed by atoms with Crippen molar-refractivity contribution in [3.8, 4) is 17.1 Å². The molecule has 1 unspecified atom stereocenters. The van der Waals surface area contributed by atoms with Crippen molar-refractivity contribution in [2.24, 2.45) is 0 Å². The molecule has 0 bridgehead atoms. The molecule has 5 rings (SSSR count). The fourth-order valence-electron chi connectivity index (χ4n) is 4.07. The lowest BCUT2D eigenvalue weighted by atomic mass is 10.1. The highest BCUT2D eigenvalue weighted by atomic mass is 19.4. The van der Waals surface area contributed by atoms with Gasteiger partial charge in [-0.05, 0) is 49.6 Å². The summed E-state index contributed by atoms with van der Waals surface area (Å²) in [6, 6.07) is 10.4. The van der Waals surface area contributed by atoms with Crippen LogP contribution in [0.2, 0.25) is 0 Å². The van der Waals surface area contributed by atoms with Crippen LogP contribution in [0.4, 0.5) is 19.1 Å². The van der Waals surface area contributed by atoms with E-state index in [1.54, 1.807) is 6.07 Å². The van der Waals surface area contributed by atoms with E-state index in [9.17, 15) is 18.0 Å². The third-order valence-corrected chi connectivity index (χ3v) is 5.78. The van der Waals surface area contributed by atoms with Crippen molar-refractivity contribution in [1.82, 2.24) is 24.9 Å². The highest BCUT2D eigenvalue weighted by Crippen LogP contribution is 2.38. The molecule has 2 aromatic heterocycles. The largest absolute Gasteiger partial charge is 0.496 e. The Balaban J connectivity index is 1.65. The highest BCUT2D eigenvalue weighted by Gasteiger charge is 2.35. The van der Waals surface area contributed by atoms with Crippen molar-refractivity contribution in [3.63, 3.8) is 0 Å². The maximum absolute atomic E-state index is 13.6. The molecular weight excluding hydrogens is 449 g/mol. The van der Waals surface area contributed by atoms with Crippen molar-refractivity contribution in [2.75, 3.05) is 19.0 Å². The van der Waals surface area contributed by atoms with Crippen LogP contribution < -0.4 is 15.4 Å². The van der Waals surface area contributed by atoms with Gasteiger partial charge in [-0.2, -0.15) is 17.7 Å². The minimum Gasteiger partial charge on any atom is -0.496 e. The number of alkyl halides is 3. The number of nitrogens with zero attached hydrogens (tertiary/aromatic N) is 4. The Bertz CT molecular complexity index is 1380. The van der Waals surface area contributed by atoms with Gasteiger partial charge in [0.2, 0.25) is 11.9 Å². The summed E-state index contributed by atoms with van der Waals surface area (Å²) < 4.78 is 47.0. The number of hydrogen-bond acceptors (Lipinski definition) is 6. The maximum Gasteiger partial charge on any atom is 0.419 e. The molecule has 1 aliphatic heterocycles. The van der Waals surface area contributed by atoms with Crippen LogP contribution >= 0.6 is 0 Å². The first-order valence-electron chi connectivity index (χ1n) is 10.8. The molecule has 0 radical (unpaired) electrons. The second-order valence-corrected chi connectivity index (χ2v) is 8.02. The van der Waals surface area contributed by atoms with Gasteiger partial charge in [0.05, 0.1) is 18.2 Å². The van der Waals surface area contributed by atoms with Crippen molar-refractivity contribution in [3.05, 3.63) is 48.0 Å². The van der Waals surface area contributed by atoms with Gasteiger partial charge in [0.1, 0.15) is 11.8 Å². The molecule has 3 heterocycles. The molecule has 0 saturated carbocycles. The lowest BCUT2D eigenvalue weighted by Crippen LogP contribution is -2.38. The zero-order valence-corrected chi connectivity index (χ0v) is 18.2. The van der Waals surface area contributed by atoms with Crippen LogP contribution in [0.3, 0.4) is 0 Å². The normalized spacial score (nSPS) is 16.9. The molecule has 8 nitrogen and oxygen atoms in total. The predicted octanol–water partition coefficient (Wildman–Crippen LogP) is 4.05. The summed E-state index contributed by atoms with van der Waals surface area (Å²) in [4.78, 5) is 21.6. The summed E-state index contributed by atoms with van der Waals surface area (Å²) in [7, 11) is 1.19. The second-order valence-electron chi connectivity index (χ2n) is 8.02. The molecule has 1 atom stereocenters. The van der Waals surface area contributed by atoms with Crippen LogP contribution in [0.15, 0.2) is 42.5 Å². The number of hydrogen-bond donors (Lipinski definition) is 2. The van der Waals surface area contributed by atoms with Crippen molar-refractivity contribution in [2.45, 2.75) is 31.5 Å². The molecule has 176 valence electrons. The molecule has 0 aliphatic carbocycles. The number of anilines is 1. The molecule has 1 amide bonds. The minimum absolute atomic E-state index is 0.0969. The van der Waals surface area contributed by atoms with Crippen LogP contribution in [0.25, 0.3) is 27.9 Å². The first-order chi connectivity index (χ1) is 16.3. The van der Waals surface area contributed by atoms with Crippen LogP contribution in [0.1, 0.15) is 24.8 Å². The summed E-state index contributed by atoms with van der Waals surface area (Å²) in [6.07, 6.45) is -2.23. The van der Waals surface area contributed by atoms with Crippen molar-refractivity contribution < 1.29 is 22.7 Å². The predicted molar refractivity (Wildman–Crippen MR) is 120 cm³/mol. The molecule has 2 aromatic carbocycles. The van der Waals surface area contributed by atoms with E-state index in [4.69, 9.17) is 4.74 Å². The summed E-state index contributed by atoms with van der Waals surface area (Å²) in [5.74, 6) is -0.0292. The van der Waals surface area contributed by atoms with E-state index in [-0.39, 0.29) is 23.0 Å². The minimum atomic E-state index is -4.60. The van der Waals surface area contributed by atoms with Gasteiger partial charge in [-0.25, -0.2) is 9.97 Å².